The molecule has 1 heterocycles. The monoisotopic (exact) mass is 380 g/mol. The Kier molecular flexibility index (Phi) is 9.11. The second-order valence-electron chi connectivity index (χ2n) is 8.10. The Labute approximate surface area is 163 Å². The van der Waals surface area contributed by atoms with Gasteiger partial charge in [-0.1, -0.05) is 25.7 Å². The molecule has 2 fully saturated rings. The van der Waals surface area contributed by atoms with Crippen molar-refractivity contribution in [3.8, 4) is 0 Å². The van der Waals surface area contributed by atoms with Crippen molar-refractivity contribution in [1.82, 2.24) is 10.6 Å². The highest BCUT2D eigenvalue weighted by atomic mass is 16.5. The Morgan fingerprint density at radius 2 is 1.70 bits per heavy atom. The molecule has 0 radical (unpaired) electrons. The molecule has 1 saturated heterocycles. The number of hydrogen-bond acceptors (Lipinski definition) is 5. The van der Waals surface area contributed by atoms with Gasteiger partial charge in [0.2, 0.25) is 0 Å². The quantitative estimate of drug-likeness (QED) is 0.613. The van der Waals surface area contributed by atoms with E-state index in [1.807, 2.05) is 0 Å². The normalized spacial score (nSPS) is 21.8. The van der Waals surface area contributed by atoms with Crippen molar-refractivity contribution < 1.29 is 19.4 Å². The van der Waals surface area contributed by atoms with Crippen LogP contribution in [0.1, 0.15) is 77.0 Å². The van der Waals surface area contributed by atoms with Crippen LogP contribution >= 0.6 is 0 Å². The van der Waals surface area contributed by atoms with Crippen LogP contribution in [-0.2, 0) is 14.3 Å². The molecule has 27 heavy (non-hydrogen) atoms. The van der Waals surface area contributed by atoms with E-state index in [1.54, 1.807) is 0 Å². The van der Waals surface area contributed by atoms with Gasteiger partial charge in [-0.15, -0.1) is 0 Å². The van der Waals surface area contributed by atoms with Crippen LogP contribution in [0.15, 0.2) is 11.3 Å². The smallest absolute Gasteiger partial charge is 0.335 e. The molecule has 1 aliphatic heterocycles. The number of carboxylic acids is 1. The molecule has 0 unspecified atom stereocenters. The third kappa shape index (κ3) is 7.17. The van der Waals surface area contributed by atoms with Crippen LogP contribution in [0, 0.1) is 5.41 Å². The zero-order valence-electron chi connectivity index (χ0n) is 16.8. The summed E-state index contributed by atoms with van der Waals surface area (Å²) >= 11 is 0. The van der Waals surface area contributed by atoms with Gasteiger partial charge < -0.3 is 20.5 Å². The summed E-state index contributed by atoms with van der Waals surface area (Å²) < 4.78 is 4.81. The predicted molar refractivity (Wildman–Crippen MR) is 105 cm³/mol. The molecule has 0 amide bonds. The van der Waals surface area contributed by atoms with E-state index in [0.717, 1.165) is 56.2 Å². The Balaban J connectivity index is 0.000000369. The topological polar surface area (TPSA) is 87.7 Å². The highest BCUT2D eigenvalue weighted by Crippen LogP contribution is 2.39. The van der Waals surface area contributed by atoms with Crippen LogP contribution in [-0.4, -0.2) is 43.8 Å². The summed E-state index contributed by atoms with van der Waals surface area (Å²) in [4.78, 5) is 22.9. The number of methoxy groups -OCH3 is 1. The number of carbonyl (C=O) groups is 2. The summed E-state index contributed by atoms with van der Waals surface area (Å²) in [6.07, 6.45) is 12.3. The number of esters is 1. The van der Waals surface area contributed by atoms with Crippen LogP contribution < -0.4 is 10.6 Å². The lowest BCUT2D eigenvalue weighted by atomic mass is 9.71. The number of aliphatic carboxylic acids is 1. The van der Waals surface area contributed by atoms with Crippen molar-refractivity contribution in [2.75, 3.05) is 26.7 Å². The van der Waals surface area contributed by atoms with Gasteiger partial charge in [0.15, 0.2) is 0 Å². The van der Waals surface area contributed by atoms with Gasteiger partial charge in [0.1, 0.15) is 0 Å². The molecule has 0 spiro atoms. The number of rotatable bonds is 6. The molecule has 3 rings (SSSR count). The summed E-state index contributed by atoms with van der Waals surface area (Å²) in [7, 11) is 1.40. The third-order valence-electron chi connectivity index (χ3n) is 5.97. The molecule has 0 bridgehead atoms. The van der Waals surface area contributed by atoms with E-state index in [0.29, 0.717) is 6.54 Å². The highest BCUT2D eigenvalue weighted by molar-refractivity contribution is 5.89. The van der Waals surface area contributed by atoms with Crippen molar-refractivity contribution in [2.24, 2.45) is 5.41 Å². The second kappa shape index (κ2) is 11.3. The first kappa shape index (κ1) is 21.7. The fourth-order valence-corrected chi connectivity index (χ4v) is 4.42. The van der Waals surface area contributed by atoms with E-state index >= 15 is 0 Å². The van der Waals surface area contributed by atoms with Gasteiger partial charge >= 0.3 is 11.9 Å². The van der Waals surface area contributed by atoms with E-state index in [9.17, 15) is 14.7 Å². The summed E-state index contributed by atoms with van der Waals surface area (Å²) in [6, 6.07) is 0. The molecule has 154 valence electrons. The standard InChI is InChI=1S/C16H25NO4.C5H11N/c1-21-15(20)12-6-5-7-13(12)17-11-16(10-14(18)19)8-3-2-4-9-16;1-2-4-6-5-3-1/h17H,2-11H2,1H3,(H,18,19);6H,1-5H2. The van der Waals surface area contributed by atoms with Crippen LogP contribution in [0.2, 0.25) is 0 Å². The van der Waals surface area contributed by atoms with Crippen molar-refractivity contribution in [1.29, 1.82) is 0 Å². The molecule has 1 saturated carbocycles. The minimum atomic E-state index is -0.729. The molecule has 6 heteroatoms. The lowest BCUT2D eigenvalue weighted by Gasteiger charge is -2.36. The Morgan fingerprint density at radius 1 is 1.04 bits per heavy atom. The van der Waals surface area contributed by atoms with Crippen LogP contribution in [0.3, 0.4) is 0 Å². The average molecular weight is 381 g/mol. The fourth-order valence-electron chi connectivity index (χ4n) is 4.42. The molecule has 6 nitrogen and oxygen atoms in total. The minimum absolute atomic E-state index is 0.166. The number of allylic oxidation sites excluding steroid dienone is 1. The molecule has 0 aromatic rings. The lowest BCUT2D eigenvalue weighted by Crippen LogP contribution is -2.38. The number of nitrogens with one attached hydrogen (secondary N) is 2. The van der Waals surface area contributed by atoms with Gasteiger partial charge in [-0.25, -0.2) is 4.79 Å². The Morgan fingerprint density at radius 3 is 2.22 bits per heavy atom. The number of carbonyl (C=O) groups excluding carboxylic acids is 1. The first-order valence-corrected chi connectivity index (χ1v) is 10.5. The molecule has 0 aromatic heterocycles. The van der Waals surface area contributed by atoms with Gasteiger partial charge in [-0.05, 0) is 63.5 Å². The lowest BCUT2D eigenvalue weighted by molar-refractivity contribution is -0.140. The molecule has 3 aliphatic rings. The molecule has 3 N–H and O–H groups in total. The zero-order valence-corrected chi connectivity index (χ0v) is 16.8. The Hall–Kier alpha value is -1.56. The van der Waals surface area contributed by atoms with E-state index in [4.69, 9.17) is 4.74 Å². The molecule has 2 aliphatic carbocycles. The number of carboxylic acid groups (broad SMARTS) is 1. The first-order valence-electron chi connectivity index (χ1n) is 10.5. The van der Waals surface area contributed by atoms with E-state index in [1.165, 1.54) is 45.9 Å². The van der Waals surface area contributed by atoms with Gasteiger partial charge in [-0.2, -0.15) is 0 Å². The molecular weight excluding hydrogens is 344 g/mol. The summed E-state index contributed by atoms with van der Waals surface area (Å²) in [5.74, 6) is -0.988. The Bertz CT molecular complexity index is 509. The predicted octanol–water partition coefficient (Wildman–Crippen LogP) is 3.37. The summed E-state index contributed by atoms with van der Waals surface area (Å²) in [6.45, 7) is 3.15. The molecular formula is C21H36N2O4. The maximum atomic E-state index is 11.7. The molecule has 0 atom stereocenters. The van der Waals surface area contributed by atoms with Crippen molar-refractivity contribution in [3.05, 3.63) is 11.3 Å². The largest absolute Gasteiger partial charge is 0.481 e. The third-order valence-corrected chi connectivity index (χ3v) is 5.97. The summed E-state index contributed by atoms with van der Waals surface area (Å²) in [5, 5.41) is 15.9. The van der Waals surface area contributed by atoms with Crippen LogP contribution in [0.4, 0.5) is 0 Å². The van der Waals surface area contributed by atoms with Crippen LogP contribution in [0.25, 0.3) is 0 Å². The SMILES string of the molecule is C1CCNCC1.COC(=O)C1=C(NCC2(CC(=O)O)CCCCC2)CCC1. The van der Waals surface area contributed by atoms with Crippen LogP contribution in [0.5, 0.6) is 0 Å². The fraction of sp³-hybridized carbons (Fsp3) is 0.810. The van der Waals surface area contributed by atoms with E-state index in [-0.39, 0.29) is 17.8 Å². The van der Waals surface area contributed by atoms with Crippen molar-refractivity contribution in [2.45, 2.75) is 77.0 Å². The maximum Gasteiger partial charge on any atom is 0.335 e. The maximum absolute atomic E-state index is 11.7. The van der Waals surface area contributed by atoms with Gasteiger partial charge in [0.05, 0.1) is 19.1 Å². The van der Waals surface area contributed by atoms with Crippen molar-refractivity contribution >= 4 is 11.9 Å². The minimum Gasteiger partial charge on any atom is -0.481 e. The van der Waals surface area contributed by atoms with Gasteiger partial charge in [0.25, 0.3) is 0 Å². The zero-order chi connectivity index (χ0) is 19.5. The molecule has 0 aromatic carbocycles. The average Bonchev–Trinajstić information content (AvgIpc) is 3.17. The van der Waals surface area contributed by atoms with E-state index < -0.39 is 5.97 Å². The second-order valence-corrected chi connectivity index (χ2v) is 8.10. The van der Waals surface area contributed by atoms with Crippen molar-refractivity contribution in [3.63, 3.8) is 0 Å². The first-order chi connectivity index (χ1) is 13.1. The number of hydrogen-bond donors (Lipinski definition) is 3. The number of ether oxygens (including phenoxy) is 1. The summed E-state index contributed by atoms with van der Waals surface area (Å²) in [5.41, 5.74) is 1.52. The van der Waals surface area contributed by atoms with E-state index in [2.05, 4.69) is 10.6 Å². The van der Waals surface area contributed by atoms with Gasteiger partial charge in [0, 0.05) is 12.2 Å². The van der Waals surface area contributed by atoms with Gasteiger partial charge in [-0.3, -0.25) is 4.79 Å². The number of piperidine rings is 1. The highest BCUT2D eigenvalue weighted by Gasteiger charge is 2.35.